The van der Waals surface area contributed by atoms with Crippen LogP contribution in [0.5, 0.6) is 5.75 Å². The largest absolute Gasteiger partial charge is 0.484 e. The van der Waals surface area contributed by atoms with E-state index >= 15 is 0 Å². The van der Waals surface area contributed by atoms with Gasteiger partial charge in [-0.15, -0.1) is 0 Å². The Balaban J connectivity index is 3.00. The summed E-state index contributed by atoms with van der Waals surface area (Å²) in [4.78, 5) is 21.4. The van der Waals surface area contributed by atoms with Crippen LogP contribution in [0.25, 0.3) is 0 Å². The van der Waals surface area contributed by atoms with Crippen LogP contribution in [0.3, 0.4) is 0 Å². The van der Waals surface area contributed by atoms with Crippen molar-refractivity contribution in [3.63, 3.8) is 0 Å². The van der Waals surface area contributed by atoms with Crippen molar-refractivity contribution in [1.29, 1.82) is 0 Å². The van der Waals surface area contributed by atoms with E-state index in [-0.39, 0.29) is 16.6 Å². The molecule has 21 heavy (non-hydrogen) atoms. The highest BCUT2D eigenvalue weighted by Crippen LogP contribution is 2.33. The zero-order valence-electron chi connectivity index (χ0n) is 11.4. The summed E-state index contributed by atoms with van der Waals surface area (Å²) in [5, 5.41) is 10.9. The van der Waals surface area contributed by atoms with Crippen molar-refractivity contribution < 1.29 is 18.8 Å². The van der Waals surface area contributed by atoms with E-state index in [0.29, 0.717) is 0 Å². The lowest BCUT2D eigenvalue weighted by Crippen LogP contribution is -2.51. The van der Waals surface area contributed by atoms with E-state index in [1.807, 2.05) is 0 Å². The number of benzene rings is 1. The molecule has 0 aliphatic rings. The minimum absolute atomic E-state index is 0.0250. The van der Waals surface area contributed by atoms with E-state index in [1.54, 1.807) is 6.92 Å². The minimum Gasteiger partial charge on any atom is -0.484 e. The molecule has 0 heterocycles. The lowest BCUT2D eigenvalue weighted by atomic mass is 9.95. The van der Waals surface area contributed by atoms with Gasteiger partial charge < -0.3 is 16.2 Å². The number of nitrogens with two attached hydrogens (primary N) is 2. The summed E-state index contributed by atoms with van der Waals surface area (Å²) in [6.45, 7) is 2.98. The zero-order valence-corrected chi connectivity index (χ0v) is 13.0. The third kappa shape index (κ3) is 4.36. The van der Waals surface area contributed by atoms with Gasteiger partial charge >= 0.3 is 5.69 Å². The van der Waals surface area contributed by atoms with Gasteiger partial charge in [-0.05, 0) is 29.8 Å². The monoisotopic (exact) mass is 363 g/mol. The topological polar surface area (TPSA) is 121 Å². The molecule has 9 heteroatoms. The molecule has 0 bridgehead atoms. The SMILES string of the molecule is CC(CC(C)(N)C(N)=O)Oc1cc(F)c(Br)cc1[N+](=O)[O-]. The molecular formula is C12H15BrFN3O4. The van der Waals surface area contributed by atoms with Gasteiger partial charge in [0.15, 0.2) is 5.75 Å². The predicted octanol–water partition coefficient (Wildman–Crippen LogP) is 1.86. The highest BCUT2D eigenvalue weighted by atomic mass is 79.9. The highest BCUT2D eigenvalue weighted by Gasteiger charge is 2.30. The minimum atomic E-state index is -1.33. The van der Waals surface area contributed by atoms with Gasteiger partial charge in [0.1, 0.15) is 5.82 Å². The molecule has 2 unspecified atom stereocenters. The summed E-state index contributed by atoms with van der Waals surface area (Å²) < 4.78 is 18.8. The van der Waals surface area contributed by atoms with Crippen LogP contribution in [-0.2, 0) is 4.79 Å². The normalized spacial score (nSPS) is 15.1. The molecule has 1 rings (SSSR count). The summed E-state index contributed by atoms with van der Waals surface area (Å²) in [6, 6.07) is 1.91. The molecule has 0 saturated carbocycles. The Morgan fingerprint density at radius 3 is 2.67 bits per heavy atom. The van der Waals surface area contributed by atoms with E-state index in [1.165, 1.54) is 6.92 Å². The summed E-state index contributed by atoms with van der Waals surface area (Å²) in [7, 11) is 0. The molecule has 0 radical (unpaired) electrons. The predicted molar refractivity (Wildman–Crippen MR) is 77.2 cm³/mol. The average molecular weight is 364 g/mol. The first-order chi connectivity index (χ1) is 9.54. The van der Waals surface area contributed by atoms with Crippen molar-refractivity contribution in [2.45, 2.75) is 31.9 Å². The molecule has 2 atom stereocenters. The van der Waals surface area contributed by atoms with Gasteiger partial charge in [0.25, 0.3) is 0 Å². The molecule has 0 aromatic heterocycles. The van der Waals surface area contributed by atoms with Gasteiger partial charge in [0, 0.05) is 18.6 Å². The molecule has 7 nitrogen and oxygen atoms in total. The van der Waals surface area contributed by atoms with Crippen LogP contribution in [0.15, 0.2) is 16.6 Å². The maximum absolute atomic E-state index is 13.5. The molecule has 1 aromatic rings. The lowest BCUT2D eigenvalue weighted by molar-refractivity contribution is -0.386. The lowest BCUT2D eigenvalue weighted by Gasteiger charge is -2.25. The fourth-order valence-electron chi connectivity index (χ4n) is 1.71. The maximum atomic E-state index is 13.5. The Hall–Kier alpha value is -1.74. The first-order valence-corrected chi connectivity index (χ1v) is 6.72. The van der Waals surface area contributed by atoms with Gasteiger partial charge in [-0.25, -0.2) is 4.39 Å². The van der Waals surface area contributed by atoms with E-state index in [2.05, 4.69) is 15.9 Å². The summed E-state index contributed by atoms with van der Waals surface area (Å²) >= 11 is 2.87. The molecule has 0 aliphatic heterocycles. The number of ether oxygens (including phenoxy) is 1. The molecule has 1 amide bonds. The van der Waals surface area contributed by atoms with Gasteiger partial charge in [-0.1, -0.05) is 0 Å². The first kappa shape index (κ1) is 17.3. The zero-order chi connectivity index (χ0) is 16.4. The smallest absolute Gasteiger partial charge is 0.312 e. The maximum Gasteiger partial charge on any atom is 0.312 e. The number of amides is 1. The molecule has 0 spiro atoms. The van der Waals surface area contributed by atoms with Gasteiger partial charge in [-0.3, -0.25) is 14.9 Å². The highest BCUT2D eigenvalue weighted by molar-refractivity contribution is 9.10. The third-order valence-electron chi connectivity index (χ3n) is 2.80. The second kappa shape index (κ2) is 6.35. The number of nitro benzene ring substituents is 1. The average Bonchev–Trinajstić information content (AvgIpc) is 2.32. The van der Waals surface area contributed by atoms with Crippen LogP contribution in [0.2, 0.25) is 0 Å². The van der Waals surface area contributed by atoms with E-state index in [4.69, 9.17) is 16.2 Å². The van der Waals surface area contributed by atoms with E-state index in [0.717, 1.165) is 12.1 Å². The molecular weight excluding hydrogens is 349 g/mol. The van der Waals surface area contributed by atoms with Crippen molar-refractivity contribution in [2.24, 2.45) is 11.5 Å². The Kier molecular flexibility index (Phi) is 5.24. The first-order valence-electron chi connectivity index (χ1n) is 5.93. The molecule has 0 saturated heterocycles. The molecule has 116 valence electrons. The van der Waals surface area contributed by atoms with Crippen LogP contribution in [0.4, 0.5) is 10.1 Å². The quantitative estimate of drug-likeness (QED) is 0.589. The number of carbonyl (C=O) groups excluding carboxylic acids is 1. The van der Waals surface area contributed by atoms with Gasteiger partial charge in [0.05, 0.1) is 21.0 Å². The number of carbonyl (C=O) groups is 1. The van der Waals surface area contributed by atoms with Crippen LogP contribution in [0, 0.1) is 15.9 Å². The Morgan fingerprint density at radius 2 is 2.19 bits per heavy atom. The van der Waals surface area contributed by atoms with Gasteiger partial charge in [0.2, 0.25) is 5.91 Å². The Bertz CT molecular complexity index is 580. The van der Waals surface area contributed by atoms with Crippen LogP contribution in [0.1, 0.15) is 20.3 Å². The van der Waals surface area contributed by atoms with Crippen molar-refractivity contribution in [1.82, 2.24) is 0 Å². The van der Waals surface area contributed by atoms with Crippen LogP contribution >= 0.6 is 15.9 Å². The van der Waals surface area contributed by atoms with Crippen molar-refractivity contribution in [3.8, 4) is 5.75 Å². The van der Waals surface area contributed by atoms with Crippen molar-refractivity contribution >= 4 is 27.5 Å². The number of halogens is 2. The van der Waals surface area contributed by atoms with E-state index < -0.39 is 34.0 Å². The molecule has 0 fully saturated rings. The fraction of sp³-hybridized carbons (Fsp3) is 0.417. The van der Waals surface area contributed by atoms with Gasteiger partial charge in [-0.2, -0.15) is 0 Å². The summed E-state index contributed by atoms with van der Waals surface area (Å²) in [6.07, 6.45) is -0.649. The van der Waals surface area contributed by atoms with Crippen molar-refractivity contribution in [2.75, 3.05) is 0 Å². The number of hydrogen-bond donors (Lipinski definition) is 2. The number of hydrogen-bond acceptors (Lipinski definition) is 5. The second-order valence-electron chi connectivity index (χ2n) is 4.91. The fourth-order valence-corrected chi connectivity index (χ4v) is 2.04. The number of primary amides is 1. The van der Waals surface area contributed by atoms with Crippen LogP contribution < -0.4 is 16.2 Å². The number of nitro groups is 1. The Morgan fingerprint density at radius 1 is 1.62 bits per heavy atom. The standard InChI is InChI=1S/C12H15BrFN3O4/c1-6(5-12(2,16)11(15)18)21-10-4-8(14)7(13)3-9(10)17(19)20/h3-4,6H,5,16H2,1-2H3,(H2,15,18). The van der Waals surface area contributed by atoms with Crippen LogP contribution in [-0.4, -0.2) is 22.5 Å². The van der Waals surface area contributed by atoms with E-state index in [9.17, 15) is 19.3 Å². The Labute approximate surface area is 128 Å². The molecule has 1 aromatic carbocycles. The van der Waals surface area contributed by atoms with Crippen molar-refractivity contribution in [3.05, 3.63) is 32.5 Å². The number of rotatable bonds is 6. The third-order valence-corrected chi connectivity index (χ3v) is 3.41. The second-order valence-corrected chi connectivity index (χ2v) is 5.76. The summed E-state index contributed by atoms with van der Waals surface area (Å²) in [5.74, 6) is -1.67. The number of nitrogens with zero attached hydrogens (tertiary/aromatic N) is 1. The molecule has 0 aliphatic carbocycles. The molecule has 4 N–H and O–H groups in total. The summed E-state index contributed by atoms with van der Waals surface area (Å²) in [5.41, 5.74) is 9.11.